The van der Waals surface area contributed by atoms with Crippen molar-refractivity contribution in [1.82, 2.24) is 4.72 Å². The van der Waals surface area contributed by atoms with Gasteiger partial charge in [-0.1, -0.05) is 19.9 Å². The lowest BCUT2D eigenvalue weighted by atomic mass is 9.81. The van der Waals surface area contributed by atoms with E-state index in [1.54, 1.807) is 6.07 Å². The Morgan fingerprint density at radius 1 is 1.24 bits per heavy atom. The summed E-state index contributed by atoms with van der Waals surface area (Å²) in [7, 11) is -3.88. The zero-order valence-electron chi connectivity index (χ0n) is 12.1. The van der Waals surface area contributed by atoms with E-state index in [1.807, 2.05) is 0 Å². The summed E-state index contributed by atoms with van der Waals surface area (Å²) in [5, 5.41) is 8.97. The highest BCUT2D eigenvalue weighted by Gasteiger charge is 2.29. The molecule has 0 bridgehead atoms. The Bertz CT molecular complexity index is 657. The van der Waals surface area contributed by atoms with Crippen LogP contribution in [0, 0.1) is 29.0 Å². The molecule has 1 aliphatic carbocycles. The molecule has 0 saturated heterocycles. The van der Waals surface area contributed by atoms with E-state index in [1.165, 1.54) is 12.1 Å². The standard InChI is InChI=1S/C15H19FN2O2S/c1-10-6-11(2)8-12(7-10)18-21(19,20)15-5-3-4-14(16)13(15)9-17/h3-5,10-12,18H,6-8H2,1-2H3. The van der Waals surface area contributed by atoms with Crippen LogP contribution in [0.25, 0.3) is 0 Å². The third kappa shape index (κ3) is 3.60. The highest BCUT2D eigenvalue weighted by atomic mass is 32.2. The molecule has 2 rings (SSSR count). The van der Waals surface area contributed by atoms with Gasteiger partial charge >= 0.3 is 0 Å². The van der Waals surface area contributed by atoms with Gasteiger partial charge in [0, 0.05) is 6.04 Å². The Labute approximate surface area is 125 Å². The first kappa shape index (κ1) is 15.9. The molecule has 1 fully saturated rings. The number of benzene rings is 1. The van der Waals surface area contributed by atoms with Gasteiger partial charge in [-0.05, 0) is 43.2 Å². The summed E-state index contributed by atoms with van der Waals surface area (Å²) in [4.78, 5) is -0.282. The molecule has 0 spiro atoms. The first-order chi connectivity index (χ1) is 9.83. The van der Waals surface area contributed by atoms with E-state index >= 15 is 0 Å². The van der Waals surface area contributed by atoms with Gasteiger partial charge in [0.25, 0.3) is 0 Å². The molecule has 6 heteroatoms. The number of halogens is 1. The van der Waals surface area contributed by atoms with E-state index < -0.39 is 21.4 Å². The number of sulfonamides is 1. The van der Waals surface area contributed by atoms with Gasteiger partial charge in [-0.25, -0.2) is 17.5 Å². The van der Waals surface area contributed by atoms with Crippen LogP contribution in [0.4, 0.5) is 4.39 Å². The number of nitrogens with zero attached hydrogens (tertiary/aromatic N) is 1. The largest absolute Gasteiger partial charge is 0.242 e. The van der Waals surface area contributed by atoms with Crippen molar-refractivity contribution in [3.05, 3.63) is 29.6 Å². The lowest BCUT2D eigenvalue weighted by Gasteiger charge is -2.31. The molecule has 1 N–H and O–H groups in total. The van der Waals surface area contributed by atoms with Gasteiger partial charge in [0.1, 0.15) is 22.3 Å². The predicted octanol–water partition coefficient (Wildman–Crippen LogP) is 2.80. The third-order valence-corrected chi connectivity index (χ3v) is 5.44. The average molecular weight is 310 g/mol. The zero-order chi connectivity index (χ0) is 15.6. The highest BCUT2D eigenvalue weighted by Crippen LogP contribution is 2.29. The van der Waals surface area contributed by atoms with Crippen LogP contribution in [0.15, 0.2) is 23.1 Å². The van der Waals surface area contributed by atoms with Crippen molar-refractivity contribution in [2.24, 2.45) is 11.8 Å². The van der Waals surface area contributed by atoms with Crippen molar-refractivity contribution in [3.63, 3.8) is 0 Å². The quantitative estimate of drug-likeness (QED) is 0.933. The monoisotopic (exact) mass is 310 g/mol. The van der Waals surface area contributed by atoms with E-state index in [9.17, 15) is 12.8 Å². The molecular formula is C15H19FN2O2S. The van der Waals surface area contributed by atoms with Gasteiger partial charge in [-0.3, -0.25) is 0 Å². The van der Waals surface area contributed by atoms with E-state index in [0.717, 1.165) is 25.3 Å². The van der Waals surface area contributed by atoms with Crippen LogP contribution in [0.3, 0.4) is 0 Å². The number of hydrogen-bond donors (Lipinski definition) is 1. The Balaban J connectivity index is 2.27. The van der Waals surface area contributed by atoms with Crippen LogP contribution < -0.4 is 4.72 Å². The molecule has 21 heavy (non-hydrogen) atoms. The van der Waals surface area contributed by atoms with Crippen LogP contribution >= 0.6 is 0 Å². The molecule has 2 unspecified atom stereocenters. The van der Waals surface area contributed by atoms with Crippen molar-refractivity contribution in [2.75, 3.05) is 0 Å². The summed E-state index contributed by atoms with van der Waals surface area (Å²) in [5.41, 5.74) is -0.429. The van der Waals surface area contributed by atoms with Crippen molar-refractivity contribution in [2.45, 2.75) is 44.0 Å². The number of hydrogen-bond acceptors (Lipinski definition) is 3. The lowest BCUT2D eigenvalue weighted by molar-refractivity contribution is 0.257. The maximum atomic E-state index is 13.6. The molecule has 0 amide bonds. The number of nitriles is 1. The van der Waals surface area contributed by atoms with Gasteiger partial charge in [0.05, 0.1) is 0 Å². The molecular weight excluding hydrogens is 291 g/mol. The molecule has 114 valence electrons. The lowest BCUT2D eigenvalue weighted by Crippen LogP contribution is -2.40. The molecule has 2 atom stereocenters. The molecule has 0 radical (unpaired) electrons. The molecule has 1 aromatic rings. The van der Waals surface area contributed by atoms with E-state index in [0.29, 0.717) is 11.8 Å². The Morgan fingerprint density at radius 3 is 2.43 bits per heavy atom. The summed E-state index contributed by atoms with van der Waals surface area (Å²) in [6, 6.07) is 5.12. The fraction of sp³-hybridized carbons (Fsp3) is 0.533. The SMILES string of the molecule is CC1CC(C)CC(NS(=O)(=O)c2cccc(F)c2C#N)C1. The molecule has 1 aromatic carbocycles. The van der Waals surface area contributed by atoms with Crippen LogP contribution in [-0.2, 0) is 10.0 Å². The van der Waals surface area contributed by atoms with E-state index in [4.69, 9.17) is 5.26 Å². The minimum Gasteiger partial charge on any atom is -0.208 e. The summed E-state index contributed by atoms with van der Waals surface area (Å²) >= 11 is 0. The summed E-state index contributed by atoms with van der Waals surface area (Å²) < 4.78 is 41.0. The Kier molecular flexibility index (Phi) is 4.64. The predicted molar refractivity (Wildman–Crippen MR) is 77.4 cm³/mol. The topological polar surface area (TPSA) is 70.0 Å². The number of rotatable bonds is 3. The minimum absolute atomic E-state index is 0.163. The van der Waals surface area contributed by atoms with Gasteiger partial charge in [0.2, 0.25) is 10.0 Å². The smallest absolute Gasteiger partial charge is 0.208 e. The first-order valence-electron chi connectivity index (χ1n) is 7.04. The summed E-state index contributed by atoms with van der Waals surface area (Å²) in [5.74, 6) is 0.0829. The summed E-state index contributed by atoms with van der Waals surface area (Å²) in [6.45, 7) is 4.19. The second-order valence-electron chi connectivity index (χ2n) is 5.96. The van der Waals surface area contributed by atoms with Gasteiger partial charge < -0.3 is 0 Å². The average Bonchev–Trinajstić information content (AvgIpc) is 2.36. The molecule has 0 aliphatic heterocycles. The summed E-state index contributed by atoms with van der Waals surface area (Å²) in [6.07, 6.45) is 2.61. The number of nitrogens with one attached hydrogen (secondary N) is 1. The third-order valence-electron chi connectivity index (χ3n) is 3.88. The van der Waals surface area contributed by atoms with Crippen molar-refractivity contribution in [1.29, 1.82) is 5.26 Å². The van der Waals surface area contributed by atoms with Crippen LogP contribution in [0.1, 0.15) is 38.7 Å². The molecule has 0 aromatic heterocycles. The Morgan fingerprint density at radius 2 is 1.86 bits per heavy atom. The van der Waals surface area contributed by atoms with Crippen LogP contribution in [0.5, 0.6) is 0 Å². The zero-order valence-corrected chi connectivity index (χ0v) is 13.0. The van der Waals surface area contributed by atoms with E-state index in [2.05, 4.69) is 18.6 Å². The molecule has 1 aliphatic rings. The van der Waals surface area contributed by atoms with Crippen molar-refractivity contribution >= 4 is 10.0 Å². The Hall–Kier alpha value is -1.45. The minimum atomic E-state index is -3.88. The molecule has 0 heterocycles. The van der Waals surface area contributed by atoms with Crippen LogP contribution in [0.2, 0.25) is 0 Å². The fourth-order valence-corrected chi connectivity index (χ4v) is 4.59. The van der Waals surface area contributed by atoms with Gasteiger partial charge in [0.15, 0.2) is 0 Å². The van der Waals surface area contributed by atoms with Gasteiger partial charge in [-0.2, -0.15) is 5.26 Å². The second kappa shape index (κ2) is 6.12. The van der Waals surface area contributed by atoms with E-state index in [-0.39, 0.29) is 10.9 Å². The van der Waals surface area contributed by atoms with Crippen LogP contribution in [-0.4, -0.2) is 14.5 Å². The maximum Gasteiger partial charge on any atom is 0.242 e. The second-order valence-corrected chi connectivity index (χ2v) is 7.64. The maximum absolute atomic E-state index is 13.6. The molecule has 4 nitrogen and oxygen atoms in total. The van der Waals surface area contributed by atoms with Gasteiger partial charge in [-0.15, -0.1) is 0 Å². The normalized spacial score (nSPS) is 26.3. The van der Waals surface area contributed by atoms with Crippen molar-refractivity contribution < 1.29 is 12.8 Å². The fourth-order valence-electron chi connectivity index (χ4n) is 3.16. The highest BCUT2D eigenvalue weighted by molar-refractivity contribution is 7.89. The van der Waals surface area contributed by atoms with Crippen molar-refractivity contribution in [3.8, 4) is 6.07 Å². The first-order valence-corrected chi connectivity index (χ1v) is 8.52. The molecule has 1 saturated carbocycles.